The maximum absolute atomic E-state index is 12.3. The highest BCUT2D eigenvalue weighted by atomic mass is 32.2. The molecule has 1 aliphatic heterocycles. The Morgan fingerprint density at radius 1 is 1.04 bits per heavy atom. The van der Waals surface area contributed by atoms with Gasteiger partial charge in [-0.05, 0) is 64.5 Å². The summed E-state index contributed by atoms with van der Waals surface area (Å²) in [4.78, 5) is 17.3. The van der Waals surface area contributed by atoms with Crippen LogP contribution in [0.2, 0.25) is 0 Å². The minimum Gasteiger partial charge on any atom is -0.352 e. The molecule has 0 spiro atoms. The molecule has 1 amide bonds. The molecule has 1 heterocycles. The number of carbonyl (C=O) groups is 1. The molecule has 7 nitrogen and oxygen atoms in total. The molecule has 2 rings (SSSR count). The summed E-state index contributed by atoms with van der Waals surface area (Å²) in [7, 11) is -3.59. The molecule has 1 aromatic carbocycles. The van der Waals surface area contributed by atoms with Gasteiger partial charge in [0.05, 0.1) is 4.90 Å². The molecule has 1 saturated heterocycles. The number of piperazine rings is 1. The SMILES string of the molecule is CCN1CCN(CCCNC(=O)c2ccc(S(=O)(=O)NC(C)(C)C)cc2)CC1. The van der Waals surface area contributed by atoms with Gasteiger partial charge in [0, 0.05) is 43.8 Å². The van der Waals surface area contributed by atoms with Crippen LogP contribution in [-0.4, -0.2) is 75.5 Å². The predicted octanol–water partition coefficient (Wildman–Crippen LogP) is 1.52. The van der Waals surface area contributed by atoms with E-state index in [2.05, 4.69) is 26.8 Å². The maximum atomic E-state index is 12.3. The molecule has 0 aromatic heterocycles. The molecule has 1 aliphatic rings. The molecule has 0 saturated carbocycles. The fourth-order valence-corrected chi connectivity index (χ4v) is 4.60. The van der Waals surface area contributed by atoms with Gasteiger partial charge >= 0.3 is 0 Å². The summed E-state index contributed by atoms with van der Waals surface area (Å²) in [5.41, 5.74) is -0.0933. The average molecular weight is 411 g/mol. The lowest BCUT2D eigenvalue weighted by Crippen LogP contribution is -2.46. The molecule has 28 heavy (non-hydrogen) atoms. The molecule has 158 valence electrons. The second kappa shape index (κ2) is 9.82. The van der Waals surface area contributed by atoms with Crippen molar-refractivity contribution >= 4 is 15.9 Å². The van der Waals surface area contributed by atoms with E-state index in [1.165, 1.54) is 12.1 Å². The van der Waals surface area contributed by atoms with Crippen LogP contribution in [0.5, 0.6) is 0 Å². The third-order valence-corrected chi connectivity index (χ3v) is 6.49. The summed E-state index contributed by atoms with van der Waals surface area (Å²) in [6.45, 7) is 14.6. The molecule has 0 unspecified atom stereocenters. The highest BCUT2D eigenvalue weighted by molar-refractivity contribution is 7.89. The third-order valence-electron chi connectivity index (χ3n) is 4.72. The first-order valence-electron chi connectivity index (χ1n) is 9.98. The van der Waals surface area contributed by atoms with Crippen molar-refractivity contribution in [3.8, 4) is 0 Å². The van der Waals surface area contributed by atoms with E-state index in [-0.39, 0.29) is 10.8 Å². The number of carbonyl (C=O) groups excluding carboxylic acids is 1. The van der Waals surface area contributed by atoms with E-state index in [1.54, 1.807) is 32.9 Å². The first-order chi connectivity index (χ1) is 13.1. The zero-order valence-electron chi connectivity index (χ0n) is 17.5. The van der Waals surface area contributed by atoms with Gasteiger partial charge in [-0.3, -0.25) is 4.79 Å². The molecule has 8 heteroatoms. The molecular formula is C20H34N4O3S. The number of nitrogens with zero attached hydrogens (tertiary/aromatic N) is 2. The zero-order valence-corrected chi connectivity index (χ0v) is 18.3. The summed E-state index contributed by atoms with van der Waals surface area (Å²) >= 11 is 0. The van der Waals surface area contributed by atoms with Gasteiger partial charge in [-0.2, -0.15) is 0 Å². The van der Waals surface area contributed by atoms with Crippen LogP contribution in [0, 0.1) is 0 Å². The van der Waals surface area contributed by atoms with Gasteiger partial charge in [0.25, 0.3) is 5.91 Å². The molecule has 0 bridgehead atoms. The topological polar surface area (TPSA) is 81.8 Å². The van der Waals surface area contributed by atoms with E-state index >= 15 is 0 Å². The van der Waals surface area contributed by atoms with Gasteiger partial charge in [0.15, 0.2) is 0 Å². The Labute approximate surface area is 169 Å². The molecule has 2 N–H and O–H groups in total. The average Bonchev–Trinajstić information content (AvgIpc) is 2.64. The van der Waals surface area contributed by atoms with E-state index in [0.29, 0.717) is 12.1 Å². The molecule has 0 radical (unpaired) electrons. The van der Waals surface area contributed by atoms with E-state index in [1.807, 2.05) is 0 Å². The van der Waals surface area contributed by atoms with E-state index in [9.17, 15) is 13.2 Å². The molecular weight excluding hydrogens is 376 g/mol. The first-order valence-corrected chi connectivity index (χ1v) is 11.5. The molecule has 0 aliphatic carbocycles. The van der Waals surface area contributed by atoms with Crippen molar-refractivity contribution in [3.05, 3.63) is 29.8 Å². The number of hydrogen-bond donors (Lipinski definition) is 2. The normalized spacial score (nSPS) is 16.9. The lowest BCUT2D eigenvalue weighted by atomic mass is 10.1. The lowest BCUT2D eigenvalue weighted by molar-refractivity contribution is 0.0948. The van der Waals surface area contributed by atoms with Crippen molar-refractivity contribution < 1.29 is 13.2 Å². The van der Waals surface area contributed by atoms with Gasteiger partial charge in [0.2, 0.25) is 10.0 Å². The van der Waals surface area contributed by atoms with Gasteiger partial charge in [-0.1, -0.05) is 6.92 Å². The number of rotatable bonds is 8. The Balaban J connectivity index is 1.77. The predicted molar refractivity (Wildman–Crippen MR) is 112 cm³/mol. The van der Waals surface area contributed by atoms with Crippen molar-refractivity contribution in [2.45, 2.75) is 44.6 Å². The van der Waals surface area contributed by atoms with E-state index in [0.717, 1.165) is 45.7 Å². The minimum absolute atomic E-state index is 0.158. The maximum Gasteiger partial charge on any atom is 0.251 e. The van der Waals surface area contributed by atoms with E-state index < -0.39 is 15.6 Å². The fourth-order valence-electron chi connectivity index (χ4n) is 3.18. The number of likely N-dealkylation sites (N-methyl/N-ethyl adjacent to an activating group) is 1. The largest absolute Gasteiger partial charge is 0.352 e. The Kier molecular flexibility index (Phi) is 8.00. The minimum atomic E-state index is -3.59. The third kappa shape index (κ3) is 7.16. The van der Waals surface area contributed by atoms with Crippen LogP contribution >= 0.6 is 0 Å². The first kappa shape index (κ1) is 22.8. The number of benzene rings is 1. The van der Waals surface area contributed by atoms with Crippen LogP contribution in [-0.2, 0) is 10.0 Å². The molecule has 0 atom stereocenters. The van der Waals surface area contributed by atoms with Crippen LogP contribution in [0.1, 0.15) is 44.5 Å². The summed E-state index contributed by atoms with van der Waals surface area (Å²) in [5, 5.41) is 2.91. The zero-order chi connectivity index (χ0) is 20.8. The second-order valence-electron chi connectivity index (χ2n) is 8.27. The number of nitrogens with one attached hydrogen (secondary N) is 2. The van der Waals surface area contributed by atoms with E-state index in [4.69, 9.17) is 0 Å². The van der Waals surface area contributed by atoms with Crippen molar-refractivity contribution in [3.63, 3.8) is 0 Å². The number of sulfonamides is 1. The summed E-state index contributed by atoms with van der Waals surface area (Å²) in [6.07, 6.45) is 0.903. The van der Waals surface area contributed by atoms with Crippen LogP contribution in [0.3, 0.4) is 0 Å². The fraction of sp³-hybridized carbons (Fsp3) is 0.650. The van der Waals surface area contributed by atoms with Crippen molar-refractivity contribution in [2.24, 2.45) is 0 Å². The number of amides is 1. The van der Waals surface area contributed by atoms with Gasteiger partial charge in [-0.15, -0.1) is 0 Å². The Morgan fingerprint density at radius 3 is 2.14 bits per heavy atom. The second-order valence-corrected chi connectivity index (χ2v) is 9.95. The van der Waals surface area contributed by atoms with Gasteiger partial charge < -0.3 is 15.1 Å². The van der Waals surface area contributed by atoms with Crippen molar-refractivity contribution in [2.75, 3.05) is 45.8 Å². The summed E-state index contributed by atoms with van der Waals surface area (Å²) in [6, 6.07) is 6.04. The monoisotopic (exact) mass is 410 g/mol. The highest BCUT2D eigenvalue weighted by Crippen LogP contribution is 2.14. The molecule has 1 aromatic rings. The van der Waals surface area contributed by atoms with Gasteiger partial charge in [0.1, 0.15) is 0 Å². The standard InChI is InChI=1S/C20H34N4O3S/c1-5-23-13-15-24(16-14-23)12-6-11-21-19(25)17-7-9-18(10-8-17)28(26,27)22-20(2,3)4/h7-10,22H,5-6,11-16H2,1-4H3,(H,21,25). The Hall–Kier alpha value is -1.48. The van der Waals surface area contributed by atoms with Crippen LogP contribution in [0.4, 0.5) is 0 Å². The van der Waals surface area contributed by atoms with Gasteiger partial charge in [-0.25, -0.2) is 13.1 Å². The van der Waals surface area contributed by atoms with Crippen LogP contribution < -0.4 is 10.0 Å². The smallest absolute Gasteiger partial charge is 0.251 e. The highest BCUT2D eigenvalue weighted by Gasteiger charge is 2.22. The Bertz CT molecular complexity index is 734. The lowest BCUT2D eigenvalue weighted by Gasteiger charge is -2.33. The molecule has 1 fully saturated rings. The Morgan fingerprint density at radius 2 is 1.61 bits per heavy atom. The summed E-state index contributed by atoms with van der Waals surface area (Å²) in [5.74, 6) is -0.177. The van der Waals surface area contributed by atoms with Crippen LogP contribution in [0.15, 0.2) is 29.2 Å². The van der Waals surface area contributed by atoms with Crippen molar-refractivity contribution in [1.29, 1.82) is 0 Å². The van der Waals surface area contributed by atoms with Crippen molar-refractivity contribution in [1.82, 2.24) is 19.8 Å². The quantitative estimate of drug-likeness (QED) is 0.635. The number of hydrogen-bond acceptors (Lipinski definition) is 5. The summed E-state index contributed by atoms with van der Waals surface area (Å²) < 4.78 is 27.2. The van der Waals surface area contributed by atoms with Crippen LogP contribution in [0.25, 0.3) is 0 Å².